The van der Waals surface area contributed by atoms with E-state index in [4.69, 9.17) is 10.1 Å². The molecule has 0 saturated heterocycles. The number of nitro benzene ring substituents is 1. The molecule has 1 amide bonds. The largest absolute Gasteiger partial charge is 0.323 e. The number of aromatic nitrogens is 3. The second-order valence-corrected chi connectivity index (χ2v) is 12.1. The molecule has 0 unspecified atom stereocenters. The number of hydrazone groups is 1. The Labute approximate surface area is 259 Å². The van der Waals surface area contributed by atoms with Gasteiger partial charge >= 0.3 is 0 Å². The number of nitro groups is 1. The van der Waals surface area contributed by atoms with E-state index >= 15 is 0 Å². The summed E-state index contributed by atoms with van der Waals surface area (Å²) in [4.78, 5) is 29.1. The number of hydrogen-bond donors (Lipinski definition) is 1. The highest BCUT2D eigenvalue weighted by Gasteiger charge is 2.20. The lowest BCUT2D eigenvalue weighted by Gasteiger charge is -2.22. The van der Waals surface area contributed by atoms with Crippen LogP contribution < -0.4 is 5.43 Å². The van der Waals surface area contributed by atoms with Crippen LogP contribution in [0.4, 0.5) is 5.69 Å². The number of quaternary nitrogens is 1. The van der Waals surface area contributed by atoms with E-state index in [9.17, 15) is 14.9 Å². The summed E-state index contributed by atoms with van der Waals surface area (Å²) in [5, 5.41) is 21.4. The van der Waals surface area contributed by atoms with Crippen LogP contribution in [0.25, 0.3) is 33.7 Å². The highest BCUT2D eigenvalue weighted by atomic mass is 32.1. The lowest BCUT2D eigenvalue weighted by Crippen LogP contribution is -2.43. The minimum Gasteiger partial charge on any atom is -0.323 e. The predicted molar refractivity (Wildman–Crippen MR) is 175 cm³/mol. The fourth-order valence-electron chi connectivity index (χ4n) is 4.47. The van der Waals surface area contributed by atoms with Crippen LogP contribution in [0.5, 0.6) is 0 Å². The summed E-state index contributed by atoms with van der Waals surface area (Å²) < 4.78 is 2.27. The molecule has 0 fully saturated rings. The first-order valence-corrected chi connectivity index (χ1v) is 14.7. The molecule has 3 aromatic carbocycles. The van der Waals surface area contributed by atoms with E-state index in [1.165, 1.54) is 23.5 Å². The number of hydrogen-bond acceptors (Lipinski definition) is 7. The third-order valence-corrected chi connectivity index (χ3v) is 7.64. The fraction of sp³-hybridized carbons (Fsp3) is 0.152. The highest BCUT2D eigenvalue weighted by molar-refractivity contribution is 7.16. The summed E-state index contributed by atoms with van der Waals surface area (Å²) in [6.07, 6.45) is 3.46. The van der Waals surface area contributed by atoms with Crippen molar-refractivity contribution in [3.8, 4) is 27.6 Å². The van der Waals surface area contributed by atoms with Crippen molar-refractivity contribution in [1.29, 1.82) is 0 Å². The second-order valence-electron chi connectivity index (χ2n) is 11.1. The molecule has 0 bridgehead atoms. The topological polar surface area (TPSA) is 115 Å². The van der Waals surface area contributed by atoms with Crippen LogP contribution in [0, 0.1) is 17.0 Å². The molecule has 5 aromatic rings. The van der Waals surface area contributed by atoms with Crippen LogP contribution in [0.3, 0.4) is 0 Å². The molecule has 0 spiro atoms. The zero-order valence-electron chi connectivity index (χ0n) is 24.8. The number of non-ortho nitro benzene ring substituents is 1. The number of carbonyl (C=O) groups excluding carboxylic acids is 1. The molecule has 2 aromatic heterocycles. The van der Waals surface area contributed by atoms with Gasteiger partial charge in [0.25, 0.3) is 11.6 Å². The van der Waals surface area contributed by atoms with E-state index in [-0.39, 0.29) is 18.1 Å². The Bertz CT molecular complexity index is 1850. The number of amides is 1. The molecule has 0 aliphatic heterocycles. The first-order chi connectivity index (χ1) is 21.1. The van der Waals surface area contributed by atoms with Crippen LogP contribution in [-0.4, -0.2) is 63.5 Å². The van der Waals surface area contributed by atoms with Gasteiger partial charge in [-0.25, -0.2) is 15.1 Å². The Hall–Kier alpha value is -5.26. The maximum atomic E-state index is 12.7. The molecule has 0 atom stereocenters. The molecule has 0 radical (unpaired) electrons. The van der Waals surface area contributed by atoms with Gasteiger partial charge in [-0.15, -0.1) is 0 Å². The van der Waals surface area contributed by atoms with Gasteiger partial charge in [0.05, 0.1) is 48.0 Å². The smallest absolute Gasteiger partial charge is 0.295 e. The van der Waals surface area contributed by atoms with Gasteiger partial charge in [0, 0.05) is 23.3 Å². The molecular weight excluding hydrogens is 574 g/mol. The summed E-state index contributed by atoms with van der Waals surface area (Å²) in [5.41, 5.74) is 8.11. The number of aryl methyl sites for hydroxylation is 1. The SMILES string of the molecule is Cc1nc(-n2nc(-c3ccccc3)cc2-c2ccccc2)sc1C(/C=C/c1cccc([N+](=O)[O-])c1)=N/NC(=O)C[N+](C)(C)C. The monoisotopic (exact) mass is 606 g/mol. The van der Waals surface area contributed by atoms with E-state index < -0.39 is 4.92 Å². The van der Waals surface area contributed by atoms with Gasteiger partial charge < -0.3 is 4.48 Å². The summed E-state index contributed by atoms with van der Waals surface area (Å²) in [6.45, 7) is 2.11. The molecule has 10 nitrogen and oxygen atoms in total. The number of likely N-dealkylation sites (N-methyl/N-ethyl adjacent to an activating group) is 1. The molecular formula is C33H32N7O3S+. The van der Waals surface area contributed by atoms with E-state index in [0.717, 1.165) is 27.4 Å². The standard InChI is InChI=1S/C33H31N7O3S/c1-23-32(28(35-36-31(41)22-40(2,3)4)19-18-24-12-11-17-27(20-24)39(42)43)44-33(34-23)38-30(26-15-9-6-10-16-26)21-29(37-38)25-13-7-5-8-14-25/h5-21H,22H2,1-4H3/p+1/b19-18+,35-28+. The van der Waals surface area contributed by atoms with E-state index in [0.29, 0.717) is 26.6 Å². The van der Waals surface area contributed by atoms with Crippen molar-refractivity contribution in [2.24, 2.45) is 5.10 Å². The Morgan fingerprint density at radius 2 is 1.68 bits per heavy atom. The maximum Gasteiger partial charge on any atom is 0.295 e. The first kappa shape index (κ1) is 30.2. The van der Waals surface area contributed by atoms with Crippen molar-refractivity contribution in [3.05, 3.63) is 123 Å². The van der Waals surface area contributed by atoms with Crippen LogP contribution in [0.2, 0.25) is 0 Å². The molecule has 0 aliphatic rings. The Balaban J connectivity index is 1.57. The molecule has 2 heterocycles. The van der Waals surface area contributed by atoms with Gasteiger partial charge in [-0.05, 0) is 24.6 Å². The number of allylic oxidation sites excluding steroid dienone is 1. The third-order valence-electron chi connectivity index (χ3n) is 6.48. The number of carbonyl (C=O) groups is 1. The number of thiazole rings is 1. The average molecular weight is 607 g/mol. The van der Waals surface area contributed by atoms with Gasteiger partial charge in [-0.3, -0.25) is 14.9 Å². The van der Waals surface area contributed by atoms with Crippen LogP contribution in [0.1, 0.15) is 16.1 Å². The van der Waals surface area contributed by atoms with Gasteiger partial charge in [0.1, 0.15) is 5.71 Å². The average Bonchev–Trinajstić information content (AvgIpc) is 3.61. The minimum atomic E-state index is -0.435. The maximum absolute atomic E-state index is 12.7. The molecule has 222 valence electrons. The summed E-state index contributed by atoms with van der Waals surface area (Å²) >= 11 is 1.39. The number of nitrogens with zero attached hydrogens (tertiary/aromatic N) is 6. The van der Waals surface area contributed by atoms with Gasteiger partial charge in [-0.1, -0.05) is 90.2 Å². The van der Waals surface area contributed by atoms with Crippen molar-refractivity contribution < 1.29 is 14.2 Å². The van der Waals surface area contributed by atoms with Gasteiger partial charge in [0.15, 0.2) is 6.54 Å². The minimum absolute atomic E-state index is 0.0144. The predicted octanol–water partition coefficient (Wildman–Crippen LogP) is 6.12. The molecule has 0 saturated carbocycles. The van der Waals surface area contributed by atoms with E-state index in [1.54, 1.807) is 24.3 Å². The summed E-state index contributed by atoms with van der Waals surface area (Å²) in [7, 11) is 5.76. The number of nitrogens with one attached hydrogen (secondary N) is 1. The lowest BCUT2D eigenvalue weighted by molar-refractivity contribution is -0.862. The summed E-state index contributed by atoms with van der Waals surface area (Å²) in [6, 6.07) is 28.3. The fourth-order valence-corrected chi connectivity index (χ4v) is 5.47. The molecule has 0 aliphatic carbocycles. The third kappa shape index (κ3) is 7.38. The highest BCUT2D eigenvalue weighted by Crippen LogP contribution is 2.31. The molecule has 1 N–H and O–H groups in total. The molecule has 11 heteroatoms. The van der Waals surface area contributed by atoms with Crippen molar-refractivity contribution in [1.82, 2.24) is 20.2 Å². The zero-order valence-corrected chi connectivity index (χ0v) is 25.7. The van der Waals surface area contributed by atoms with Gasteiger partial charge in [-0.2, -0.15) is 10.2 Å². The van der Waals surface area contributed by atoms with Crippen molar-refractivity contribution >= 4 is 34.7 Å². The van der Waals surface area contributed by atoms with Crippen molar-refractivity contribution in [2.45, 2.75) is 6.92 Å². The van der Waals surface area contributed by atoms with Crippen LogP contribution >= 0.6 is 11.3 Å². The summed E-state index contributed by atoms with van der Waals surface area (Å²) in [5.74, 6) is -0.243. The number of rotatable bonds is 10. The molecule has 44 heavy (non-hydrogen) atoms. The second kappa shape index (κ2) is 12.9. The lowest BCUT2D eigenvalue weighted by atomic mass is 10.1. The van der Waals surface area contributed by atoms with Crippen molar-refractivity contribution in [3.63, 3.8) is 0 Å². The Morgan fingerprint density at radius 1 is 1.00 bits per heavy atom. The van der Waals surface area contributed by atoms with E-state index in [1.807, 2.05) is 99.5 Å². The van der Waals surface area contributed by atoms with Crippen LogP contribution in [0.15, 0.2) is 102 Å². The molecule has 5 rings (SSSR count). The Morgan fingerprint density at radius 3 is 2.34 bits per heavy atom. The number of benzene rings is 3. The van der Waals surface area contributed by atoms with Gasteiger partial charge in [0.2, 0.25) is 5.13 Å². The quantitative estimate of drug-likeness (QED) is 0.0890. The Kier molecular flexibility index (Phi) is 8.88. The van der Waals surface area contributed by atoms with Crippen molar-refractivity contribution in [2.75, 3.05) is 27.7 Å². The van der Waals surface area contributed by atoms with Crippen LogP contribution in [-0.2, 0) is 4.79 Å². The first-order valence-electron chi connectivity index (χ1n) is 13.9. The zero-order chi connectivity index (χ0) is 31.3. The normalized spacial score (nSPS) is 12.0. The van der Waals surface area contributed by atoms with E-state index in [2.05, 4.69) is 10.5 Å².